The van der Waals surface area contributed by atoms with Gasteiger partial charge in [-0.25, -0.2) is 17.7 Å². The molecule has 0 atom stereocenters. The number of amides is 1. The summed E-state index contributed by atoms with van der Waals surface area (Å²) in [4.78, 5) is 16.9. The van der Waals surface area contributed by atoms with E-state index in [1.54, 1.807) is 6.92 Å². The molecule has 0 saturated carbocycles. The molecular formula is C23H28N4O3S. The molecule has 3 aromatic rings. The lowest BCUT2D eigenvalue weighted by Crippen LogP contribution is -2.43. The van der Waals surface area contributed by atoms with Crippen molar-refractivity contribution in [3.63, 3.8) is 0 Å². The van der Waals surface area contributed by atoms with Crippen molar-refractivity contribution >= 4 is 27.0 Å². The number of benzene rings is 2. The summed E-state index contributed by atoms with van der Waals surface area (Å²) in [5, 5.41) is 3.00. The lowest BCUT2D eigenvalue weighted by molar-refractivity contribution is -0.126. The van der Waals surface area contributed by atoms with Gasteiger partial charge < -0.3 is 9.88 Å². The first-order valence-electron chi connectivity index (χ1n) is 10.7. The molecule has 1 fully saturated rings. The van der Waals surface area contributed by atoms with E-state index in [1.807, 2.05) is 36.7 Å². The molecule has 0 radical (unpaired) electrons. The van der Waals surface area contributed by atoms with Gasteiger partial charge in [-0.05, 0) is 43.0 Å². The third-order valence-electron chi connectivity index (χ3n) is 5.95. The standard InChI is InChI=1S/C23H28N4O3S/c1-2-31(29,30)27-13-11-20(12-14-27)23(28)24-15-18-7-9-19(10-8-18)16-26-17-25-21-5-3-4-6-22(21)26/h3-10,17,20H,2,11-16H2,1H3,(H,24,28). The molecule has 2 aromatic carbocycles. The van der Waals surface area contributed by atoms with E-state index in [0.717, 1.165) is 23.1 Å². The number of aromatic nitrogens is 2. The van der Waals surface area contributed by atoms with Crippen LogP contribution in [0.1, 0.15) is 30.9 Å². The summed E-state index contributed by atoms with van der Waals surface area (Å²) in [6.45, 7) is 3.71. The Morgan fingerprint density at radius 3 is 2.45 bits per heavy atom. The zero-order chi connectivity index (χ0) is 21.8. The van der Waals surface area contributed by atoms with Gasteiger partial charge in [0.2, 0.25) is 15.9 Å². The number of imidazole rings is 1. The topological polar surface area (TPSA) is 84.3 Å². The molecule has 1 aliphatic rings. The molecule has 164 valence electrons. The summed E-state index contributed by atoms with van der Waals surface area (Å²) in [6.07, 6.45) is 3.00. The van der Waals surface area contributed by atoms with Gasteiger partial charge in [-0.2, -0.15) is 0 Å². The number of nitrogens with one attached hydrogen (secondary N) is 1. The van der Waals surface area contributed by atoms with E-state index >= 15 is 0 Å². The number of rotatable bonds is 7. The van der Waals surface area contributed by atoms with Crippen molar-refractivity contribution in [2.24, 2.45) is 5.92 Å². The Morgan fingerprint density at radius 2 is 1.74 bits per heavy atom. The number of para-hydroxylation sites is 2. The number of fused-ring (bicyclic) bond motifs is 1. The van der Waals surface area contributed by atoms with E-state index in [4.69, 9.17) is 0 Å². The van der Waals surface area contributed by atoms with Gasteiger partial charge in [-0.3, -0.25) is 4.79 Å². The molecule has 4 rings (SSSR count). The predicted octanol–water partition coefficient (Wildman–Crippen LogP) is 2.76. The quantitative estimate of drug-likeness (QED) is 0.612. The summed E-state index contributed by atoms with van der Waals surface area (Å²) in [7, 11) is -3.16. The zero-order valence-corrected chi connectivity index (χ0v) is 18.5. The molecule has 1 amide bonds. The molecule has 1 saturated heterocycles. The first-order valence-corrected chi connectivity index (χ1v) is 12.3. The molecular weight excluding hydrogens is 412 g/mol. The normalized spacial score (nSPS) is 15.9. The van der Waals surface area contributed by atoms with Crippen LogP contribution in [0.2, 0.25) is 0 Å². The summed E-state index contributed by atoms with van der Waals surface area (Å²) in [5.74, 6) is -0.0173. The second-order valence-electron chi connectivity index (χ2n) is 7.97. The molecule has 1 aromatic heterocycles. The van der Waals surface area contributed by atoms with Crippen LogP contribution in [-0.4, -0.2) is 47.0 Å². The van der Waals surface area contributed by atoms with Gasteiger partial charge in [-0.1, -0.05) is 36.4 Å². The molecule has 8 heteroatoms. The molecule has 2 heterocycles. The average molecular weight is 441 g/mol. The van der Waals surface area contributed by atoms with Gasteiger partial charge in [0.1, 0.15) is 0 Å². The maximum Gasteiger partial charge on any atom is 0.223 e. The van der Waals surface area contributed by atoms with Crippen molar-refractivity contribution < 1.29 is 13.2 Å². The Balaban J connectivity index is 1.28. The third-order valence-corrected chi connectivity index (χ3v) is 7.83. The highest BCUT2D eigenvalue weighted by molar-refractivity contribution is 7.89. The van der Waals surface area contributed by atoms with Gasteiger partial charge in [-0.15, -0.1) is 0 Å². The van der Waals surface area contributed by atoms with E-state index < -0.39 is 10.0 Å². The van der Waals surface area contributed by atoms with Crippen LogP contribution in [0.15, 0.2) is 54.9 Å². The first-order chi connectivity index (χ1) is 15.0. The second kappa shape index (κ2) is 9.20. The molecule has 0 aliphatic carbocycles. The van der Waals surface area contributed by atoms with Gasteiger partial charge in [0.05, 0.1) is 23.1 Å². The molecule has 7 nitrogen and oxygen atoms in total. The number of hydrogen-bond acceptors (Lipinski definition) is 4. The van der Waals surface area contributed by atoms with Crippen LogP contribution in [0.3, 0.4) is 0 Å². The van der Waals surface area contributed by atoms with Crippen LogP contribution in [0.5, 0.6) is 0 Å². The highest BCUT2D eigenvalue weighted by atomic mass is 32.2. The van der Waals surface area contributed by atoms with E-state index in [2.05, 4.69) is 33.1 Å². The van der Waals surface area contributed by atoms with Crippen molar-refractivity contribution in [3.05, 3.63) is 66.0 Å². The molecule has 0 unspecified atom stereocenters. The van der Waals surface area contributed by atoms with Crippen molar-refractivity contribution in [1.29, 1.82) is 0 Å². The Morgan fingerprint density at radius 1 is 1.06 bits per heavy atom. The number of nitrogens with zero attached hydrogens (tertiary/aromatic N) is 3. The van der Waals surface area contributed by atoms with Gasteiger partial charge in [0.25, 0.3) is 0 Å². The summed E-state index contributed by atoms with van der Waals surface area (Å²) in [6, 6.07) is 16.3. The Bertz CT molecular complexity index is 1150. The molecule has 1 aliphatic heterocycles. The summed E-state index contributed by atoms with van der Waals surface area (Å²) in [5.41, 5.74) is 4.30. The van der Waals surface area contributed by atoms with Crippen LogP contribution in [0.25, 0.3) is 11.0 Å². The Labute approximate surface area is 183 Å². The minimum absolute atomic E-state index is 0.00232. The minimum atomic E-state index is -3.16. The SMILES string of the molecule is CCS(=O)(=O)N1CCC(C(=O)NCc2ccc(Cn3cnc4ccccc43)cc2)CC1. The van der Waals surface area contributed by atoms with Crippen molar-refractivity contribution in [2.45, 2.75) is 32.9 Å². The summed E-state index contributed by atoms with van der Waals surface area (Å²) < 4.78 is 27.5. The largest absolute Gasteiger partial charge is 0.352 e. The molecule has 0 bridgehead atoms. The average Bonchev–Trinajstić information content (AvgIpc) is 3.21. The fourth-order valence-corrected chi connectivity index (χ4v) is 5.14. The van der Waals surface area contributed by atoms with Crippen LogP contribution in [0, 0.1) is 5.92 Å². The summed E-state index contributed by atoms with van der Waals surface area (Å²) >= 11 is 0. The van der Waals surface area contributed by atoms with Crippen molar-refractivity contribution in [3.8, 4) is 0 Å². The van der Waals surface area contributed by atoms with E-state index in [1.165, 1.54) is 9.87 Å². The van der Waals surface area contributed by atoms with Crippen LogP contribution in [-0.2, 0) is 27.9 Å². The van der Waals surface area contributed by atoms with E-state index in [9.17, 15) is 13.2 Å². The lowest BCUT2D eigenvalue weighted by Gasteiger charge is -2.30. The molecule has 0 spiro atoms. The Kier molecular flexibility index (Phi) is 6.38. The number of carbonyl (C=O) groups is 1. The number of hydrogen-bond donors (Lipinski definition) is 1. The minimum Gasteiger partial charge on any atom is -0.352 e. The highest BCUT2D eigenvalue weighted by Crippen LogP contribution is 2.20. The number of carbonyl (C=O) groups excluding carboxylic acids is 1. The smallest absolute Gasteiger partial charge is 0.223 e. The van der Waals surface area contributed by atoms with Crippen LogP contribution in [0.4, 0.5) is 0 Å². The van der Waals surface area contributed by atoms with Crippen molar-refractivity contribution in [2.75, 3.05) is 18.8 Å². The van der Waals surface area contributed by atoms with Gasteiger partial charge >= 0.3 is 0 Å². The van der Waals surface area contributed by atoms with Crippen LogP contribution >= 0.6 is 0 Å². The number of sulfonamides is 1. The fourth-order valence-electron chi connectivity index (χ4n) is 4.01. The molecule has 31 heavy (non-hydrogen) atoms. The first kappa shape index (κ1) is 21.5. The van der Waals surface area contributed by atoms with Crippen LogP contribution < -0.4 is 5.32 Å². The van der Waals surface area contributed by atoms with E-state index in [0.29, 0.717) is 32.5 Å². The van der Waals surface area contributed by atoms with Crippen molar-refractivity contribution in [1.82, 2.24) is 19.2 Å². The maximum atomic E-state index is 12.5. The zero-order valence-electron chi connectivity index (χ0n) is 17.7. The van der Waals surface area contributed by atoms with E-state index in [-0.39, 0.29) is 17.6 Å². The predicted molar refractivity (Wildman–Crippen MR) is 121 cm³/mol. The monoisotopic (exact) mass is 440 g/mol. The van der Waals surface area contributed by atoms with Gasteiger partial charge in [0, 0.05) is 32.1 Å². The maximum absolute atomic E-state index is 12.5. The highest BCUT2D eigenvalue weighted by Gasteiger charge is 2.29. The second-order valence-corrected chi connectivity index (χ2v) is 10.2. The number of piperidine rings is 1. The molecule has 1 N–H and O–H groups in total. The third kappa shape index (κ3) is 4.97. The lowest BCUT2D eigenvalue weighted by atomic mass is 9.97. The fraction of sp³-hybridized carbons (Fsp3) is 0.391. The van der Waals surface area contributed by atoms with Gasteiger partial charge in [0.15, 0.2) is 0 Å². The Hall–Kier alpha value is -2.71.